The molecule has 4 nitrogen and oxygen atoms in total. The molecule has 2 atom stereocenters. The van der Waals surface area contributed by atoms with E-state index in [1.807, 2.05) is 66.7 Å². The Kier molecular flexibility index (Phi) is 3.93. The monoisotopic (exact) mass is 342 g/mol. The van der Waals surface area contributed by atoms with Crippen LogP contribution in [0.2, 0.25) is 0 Å². The van der Waals surface area contributed by atoms with Crippen LogP contribution in [0.5, 0.6) is 0 Å². The number of rotatable bonds is 2. The number of nitriles is 1. The summed E-state index contributed by atoms with van der Waals surface area (Å²) < 4.78 is 0. The van der Waals surface area contributed by atoms with Gasteiger partial charge in [0.2, 0.25) is 5.91 Å². The Balaban J connectivity index is 1.91. The molecule has 4 heteroatoms. The lowest BCUT2D eigenvalue weighted by molar-refractivity contribution is -0.128. The van der Waals surface area contributed by atoms with Crippen LogP contribution in [-0.4, -0.2) is 18.2 Å². The third-order valence-corrected chi connectivity index (χ3v) is 5.49. The Labute approximate surface area is 152 Å². The zero-order chi connectivity index (χ0) is 18.1. The van der Waals surface area contributed by atoms with Crippen molar-refractivity contribution >= 4 is 17.4 Å². The molecule has 1 aliphatic carbocycles. The van der Waals surface area contributed by atoms with Gasteiger partial charge in [-0.1, -0.05) is 48.5 Å². The van der Waals surface area contributed by atoms with Gasteiger partial charge in [0, 0.05) is 18.7 Å². The van der Waals surface area contributed by atoms with Crippen molar-refractivity contribution in [1.82, 2.24) is 0 Å². The first kappa shape index (κ1) is 16.3. The number of carbonyl (C=O) groups is 2. The predicted molar refractivity (Wildman–Crippen MR) is 98.3 cm³/mol. The second-order valence-corrected chi connectivity index (χ2v) is 6.81. The molecular weight excluding hydrogens is 324 g/mol. The molecule has 0 aromatic heterocycles. The van der Waals surface area contributed by atoms with Crippen molar-refractivity contribution in [2.45, 2.75) is 18.3 Å². The third kappa shape index (κ3) is 2.36. The highest BCUT2D eigenvalue weighted by Crippen LogP contribution is 2.47. The van der Waals surface area contributed by atoms with Gasteiger partial charge in [0.05, 0.1) is 11.0 Å². The normalized spacial score (nSPS) is 25.3. The number of piperidine rings is 1. The number of carbonyl (C=O) groups excluding carboxylic acids is 2. The first-order chi connectivity index (χ1) is 12.7. The summed E-state index contributed by atoms with van der Waals surface area (Å²) in [6.45, 7) is 0.575. The summed E-state index contributed by atoms with van der Waals surface area (Å²) in [5.41, 5.74) is 0.813. The first-order valence-electron chi connectivity index (χ1n) is 8.75. The van der Waals surface area contributed by atoms with Crippen LogP contribution in [0, 0.1) is 17.2 Å². The highest BCUT2D eigenvalue weighted by Gasteiger charge is 2.53. The Morgan fingerprint density at radius 2 is 1.65 bits per heavy atom. The molecule has 0 spiro atoms. The molecule has 2 aromatic carbocycles. The van der Waals surface area contributed by atoms with Crippen molar-refractivity contribution in [2.24, 2.45) is 5.92 Å². The van der Waals surface area contributed by atoms with E-state index >= 15 is 0 Å². The molecule has 1 amide bonds. The van der Waals surface area contributed by atoms with Gasteiger partial charge in [0.1, 0.15) is 6.07 Å². The van der Waals surface area contributed by atoms with Crippen LogP contribution < -0.4 is 4.90 Å². The fourth-order valence-electron chi connectivity index (χ4n) is 4.20. The molecule has 0 saturated carbocycles. The van der Waals surface area contributed by atoms with E-state index in [9.17, 15) is 14.9 Å². The number of hydrogen-bond donors (Lipinski definition) is 0. The molecule has 1 aliphatic heterocycles. The number of ketones is 1. The SMILES string of the molecule is N#CC1=CC2(c3ccccc3)C(=O)N(c3ccccc3)CCC2CC1=O. The van der Waals surface area contributed by atoms with Gasteiger partial charge >= 0.3 is 0 Å². The van der Waals surface area contributed by atoms with Gasteiger partial charge < -0.3 is 4.90 Å². The van der Waals surface area contributed by atoms with Crippen molar-refractivity contribution in [3.05, 3.63) is 77.9 Å². The first-order valence-corrected chi connectivity index (χ1v) is 8.75. The van der Waals surface area contributed by atoms with Gasteiger partial charge in [0.15, 0.2) is 5.78 Å². The van der Waals surface area contributed by atoms with E-state index in [1.165, 1.54) is 0 Å². The minimum Gasteiger partial charge on any atom is -0.311 e. The standard InChI is InChI=1S/C22H18N2O2/c23-15-16-14-22(17-7-3-1-4-8-17)18(13-20(16)25)11-12-24(21(22)26)19-9-5-2-6-10-19/h1-10,14,18H,11-13H2. The van der Waals surface area contributed by atoms with E-state index in [0.29, 0.717) is 6.54 Å². The molecule has 2 unspecified atom stereocenters. The second kappa shape index (κ2) is 6.27. The number of fused-ring (bicyclic) bond motifs is 1. The maximum Gasteiger partial charge on any atom is 0.241 e. The largest absolute Gasteiger partial charge is 0.311 e. The highest BCUT2D eigenvalue weighted by atomic mass is 16.2. The molecule has 0 radical (unpaired) electrons. The average Bonchev–Trinajstić information content (AvgIpc) is 2.69. The fraction of sp³-hybridized carbons (Fsp3) is 0.227. The Hall–Kier alpha value is -3.19. The van der Waals surface area contributed by atoms with Crippen LogP contribution in [0.15, 0.2) is 72.3 Å². The lowest BCUT2D eigenvalue weighted by Gasteiger charge is -2.47. The molecule has 1 saturated heterocycles. The number of nitrogens with zero attached hydrogens (tertiary/aromatic N) is 2. The van der Waals surface area contributed by atoms with Gasteiger partial charge in [0.25, 0.3) is 0 Å². The molecule has 0 bridgehead atoms. The van der Waals surface area contributed by atoms with Crippen LogP contribution in [-0.2, 0) is 15.0 Å². The molecular formula is C22H18N2O2. The van der Waals surface area contributed by atoms with Gasteiger partial charge in [-0.2, -0.15) is 5.26 Å². The van der Waals surface area contributed by atoms with Crippen LogP contribution >= 0.6 is 0 Å². The second-order valence-electron chi connectivity index (χ2n) is 6.81. The topological polar surface area (TPSA) is 61.2 Å². The summed E-state index contributed by atoms with van der Waals surface area (Å²) in [5.74, 6) is -0.349. The molecule has 0 N–H and O–H groups in total. The van der Waals surface area contributed by atoms with Gasteiger partial charge in [-0.3, -0.25) is 9.59 Å². The lowest BCUT2D eigenvalue weighted by Crippen LogP contribution is -2.57. The maximum atomic E-state index is 13.7. The van der Waals surface area contributed by atoms with E-state index in [0.717, 1.165) is 17.7 Å². The number of Topliss-reactive ketones (excluding diaryl/α,β-unsaturated/α-hetero) is 1. The molecule has 2 aromatic rings. The number of anilines is 1. The Morgan fingerprint density at radius 3 is 2.31 bits per heavy atom. The summed E-state index contributed by atoms with van der Waals surface area (Å²) >= 11 is 0. The number of amides is 1. The summed E-state index contributed by atoms with van der Waals surface area (Å²) in [7, 11) is 0. The third-order valence-electron chi connectivity index (χ3n) is 5.49. The number of para-hydroxylation sites is 1. The number of hydrogen-bond acceptors (Lipinski definition) is 3. The van der Waals surface area contributed by atoms with E-state index in [1.54, 1.807) is 11.0 Å². The number of benzene rings is 2. The van der Waals surface area contributed by atoms with Crippen molar-refractivity contribution < 1.29 is 9.59 Å². The van der Waals surface area contributed by atoms with Crippen LogP contribution in [0.4, 0.5) is 5.69 Å². The van der Waals surface area contributed by atoms with Crippen LogP contribution in [0.3, 0.4) is 0 Å². The van der Waals surface area contributed by atoms with Crippen molar-refractivity contribution in [3.8, 4) is 6.07 Å². The van der Waals surface area contributed by atoms with Gasteiger partial charge in [-0.15, -0.1) is 0 Å². The van der Waals surface area contributed by atoms with Crippen molar-refractivity contribution in [3.63, 3.8) is 0 Å². The molecule has 1 heterocycles. The van der Waals surface area contributed by atoms with E-state index in [2.05, 4.69) is 0 Å². The summed E-state index contributed by atoms with van der Waals surface area (Å²) in [4.78, 5) is 27.8. The van der Waals surface area contributed by atoms with Gasteiger partial charge in [-0.05, 0) is 36.1 Å². The van der Waals surface area contributed by atoms with E-state index in [4.69, 9.17) is 0 Å². The van der Waals surface area contributed by atoms with Crippen molar-refractivity contribution in [1.29, 1.82) is 5.26 Å². The van der Waals surface area contributed by atoms with Crippen LogP contribution in [0.1, 0.15) is 18.4 Å². The maximum absolute atomic E-state index is 13.7. The van der Waals surface area contributed by atoms with Gasteiger partial charge in [-0.25, -0.2) is 0 Å². The molecule has 2 aliphatic rings. The quantitative estimate of drug-likeness (QED) is 0.840. The van der Waals surface area contributed by atoms with Crippen LogP contribution in [0.25, 0.3) is 0 Å². The number of allylic oxidation sites excluding steroid dienone is 1. The summed E-state index contributed by atoms with van der Waals surface area (Å²) in [6.07, 6.45) is 2.58. The zero-order valence-electron chi connectivity index (χ0n) is 14.3. The minimum absolute atomic E-state index is 0.0635. The molecule has 4 rings (SSSR count). The van der Waals surface area contributed by atoms with E-state index in [-0.39, 0.29) is 29.6 Å². The predicted octanol–water partition coefficient (Wildman–Crippen LogP) is 3.40. The molecule has 128 valence electrons. The average molecular weight is 342 g/mol. The lowest BCUT2D eigenvalue weighted by atomic mass is 9.60. The Bertz CT molecular complexity index is 928. The summed E-state index contributed by atoms with van der Waals surface area (Å²) in [6, 6.07) is 21.1. The van der Waals surface area contributed by atoms with E-state index < -0.39 is 5.41 Å². The highest BCUT2D eigenvalue weighted by molar-refractivity contribution is 6.09. The fourth-order valence-corrected chi connectivity index (χ4v) is 4.20. The zero-order valence-corrected chi connectivity index (χ0v) is 14.3. The van der Waals surface area contributed by atoms with Crippen molar-refractivity contribution in [2.75, 3.05) is 11.4 Å². The molecule has 1 fully saturated rings. The Morgan fingerprint density at radius 1 is 1.00 bits per heavy atom. The molecule has 26 heavy (non-hydrogen) atoms. The summed E-state index contributed by atoms with van der Waals surface area (Å²) in [5, 5.41) is 9.42. The minimum atomic E-state index is -0.964. The smallest absolute Gasteiger partial charge is 0.241 e.